The Kier molecular flexibility index (Phi) is 4.70. The molecule has 2 heterocycles. The summed E-state index contributed by atoms with van der Waals surface area (Å²) in [7, 11) is 0. The molecule has 0 aliphatic carbocycles. The fraction of sp³-hybridized carbons (Fsp3) is 0.0345. The molecule has 0 fully saturated rings. The molecule has 3 heteroatoms. The molecule has 0 radical (unpaired) electrons. The Morgan fingerprint density at radius 2 is 1.38 bits per heavy atom. The van der Waals surface area contributed by atoms with Crippen molar-refractivity contribution in [3.63, 3.8) is 0 Å². The number of benzene rings is 4. The van der Waals surface area contributed by atoms with Crippen LogP contribution >= 0.6 is 15.9 Å². The maximum absolute atomic E-state index is 5.29. The van der Waals surface area contributed by atoms with E-state index in [1.54, 1.807) is 0 Å². The molecule has 4 aromatic carbocycles. The molecule has 0 amide bonds. The van der Waals surface area contributed by atoms with Crippen LogP contribution in [0.15, 0.2) is 113 Å². The first-order chi connectivity index (χ1) is 15.8. The van der Waals surface area contributed by atoms with Crippen LogP contribution in [0.1, 0.15) is 16.7 Å². The molecule has 1 aromatic heterocycles. The van der Waals surface area contributed by atoms with Crippen molar-refractivity contribution in [1.82, 2.24) is 4.98 Å². The van der Waals surface area contributed by atoms with Gasteiger partial charge in [-0.3, -0.25) is 4.98 Å². The number of allylic oxidation sites excluding steroid dienone is 2. The van der Waals surface area contributed by atoms with Gasteiger partial charge in [0.05, 0.1) is 11.4 Å². The van der Waals surface area contributed by atoms with E-state index in [0.717, 1.165) is 27.9 Å². The summed E-state index contributed by atoms with van der Waals surface area (Å²) in [5, 5.41) is 4.79. The number of aromatic nitrogens is 1. The Morgan fingerprint density at radius 1 is 0.656 bits per heavy atom. The third-order valence-corrected chi connectivity index (χ3v) is 6.63. The minimum Gasteiger partial charge on any atom is -0.264 e. The molecule has 0 N–H and O–H groups in total. The van der Waals surface area contributed by atoms with Gasteiger partial charge in [0.1, 0.15) is 0 Å². The van der Waals surface area contributed by atoms with Crippen LogP contribution in [0.2, 0.25) is 0 Å². The summed E-state index contributed by atoms with van der Waals surface area (Å²) in [4.78, 5) is 9.76. The normalized spacial score (nSPS) is 13.4. The molecule has 1 aliphatic rings. The molecule has 32 heavy (non-hydrogen) atoms. The van der Waals surface area contributed by atoms with E-state index in [-0.39, 0.29) is 0 Å². The van der Waals surface area contributed by atoms with E-state index in [2.05, 4.69) is 112 Å². The van der Waals surface area contributed by atoms with Crippen LogP contribution in [-0.2, 0) is 6.42 Å². The number of halogens is 1. The van der Waals surface area contributed by atoms with E-state index in [4.69, 9.17) is 4.99 Å². The molecule has 6 rings (SSSR count). The lowest BCUT2D eigenvalue weighted by Crippen LogP contribution is -1.97. The Labute approximate surface area is 195 Å². The highest BCUT2D eigenvalue weighted by Gasteiger charge is 2.20. The second kappa shape index (κ2) is 7.85. The third kappa shape index (κ3) is 3.26. The molecule has 0 saturated heterocycles. The van der Waals surface area contributed by atoms with E-state index < -0.39 is 0 Å². The summed E-state index contributed by atoms with van der Waals surface area (Å²) in [6.07, 6.45) is 6.91. The number of hydrogen-bond acceptors (Lipinski definition) is 2. The van der Waals surface area contributed by atoms with Crippen LogP contribution in [0.5, 0.6) is 0 Å². The molecular formula is C29H19BrN2. The van der Waals surface area contributed by atoms with E-state index in [1.165, 1.54) is 38.2 Å². The van der Waals surface area contributed by atoms with Gasteiger partial charge in [-0.15, -0.1) is 0 Å². The maximum atomic E-state index is 5.29. The lowest BCUT2D eigenvalue weighted by molar-refractivity contribution is 1.29. The Bertz CT molecular complexity index is 1530. The van der Waals surface area contributed by atoms with Gasteiger partial charge in [-0.2, -0.15) is 0 Å². The fourth-order valence-electron chi connectivity index (χ4n) is 4.56. The zero-order valence-corrected chi connectivity index (χ0v) is 18.9. The zero-order valence-electron chi connectivity index (χ0n) is 17.3. The number of rotatable bonds is 2. The van der Waals surface area contributed by atoms with Crippen LogP contribution < -0.4 is 0 Å². The van der Waals surface area contributed by atoms with E-state index in [1.807, 2.05) is 12.4 Å². The highest BCUT2D eigenvalue weighted by molar-refractivity contribution is 9.10. The Balaban J connectivity index is 1.71. The minimum atomic E-state index is 0.801. The standard InChI is InChI=1S/C29H19BrN2/c30-22-12-10-20(11-13-22)28-17-21(19-6-2-1-3-7-19)16-26-27-18-31-15-14-24(27)23-8-4-5-9-25(23)29(26)32-28/h1-15,17-18H,16H2. The van der Waals surface area contributed by atoms with Gasteiger partial charge in [0, 0.05) is 39.6 Å². The van der Waals surface area contributed by atoms with Crippen molar-refractivity contribution in [2.75, 3.05) is 0 Å². The molecule has 0 saturated carbocycles. The number of hydrogen-bond donors (Lipinski definition) is 0. The molecule has 2 nitrogen and oxygen atoms in total. The largest absolute Gasteiger partial charge is 0.264 e. The first kappa shape index (κ1) is 19.1. The van der Waals surface area contributed by atoms with Gasteiger partial charge in [0.15, 0.2) is 0 Å². The highest BCUT2D eigenvalue weighted by atomic mass is 79.9. The van der Waals surface area contributed by atoms with Gasteiger partial charge in [-0.05, 0) is 51.7 Å². The quantitative estimate of drug-likeness (QED) is 0.238. The van der Waals surface area contributed by atoms with Crippen LogP contribution in [0.4, 0.5) is 5.69 Å². The second-order valence-corrected chi connectivity index (χ2v) is 8.93. The van der Waals surface area contributed by atoms with Gasteiger partial charge in [-0.1, -0.05) is 82.7 Å². The molecule has 152 valence electrons. The van der Waals surface area contributed by atoms with Crippen molar-refractivity contribution in [2.24, 2.45) is 4.99 Å². The molecule has 0 bridgehead atoms. The number of aliphatic imine (C=N–C) groups is 1. The summed E-state index contributed by atoms with van der Waals surface area (Å²) >= 11 is 3.56. The lowest BCUT2D eigenvalue weighted by atomic mass is 9.91. The topological polar surface area (TPSA) is 25.2 Å². The molecule has 0 spiro atoms. The highest BCUT2D eigenvalue weighted by Crippen LogP contribution is 2.42. The van der Waals surface area contributed by atoms with Crippen molar-refractivity contribution in [2.45, 2.75) is 6.42 Å². The number of nitrogens with zero attached hydrogens (tertiary/aromatic N) is 2. The van der Waals surface area contributed by atoms with Crippen molar-refractivity contribution < 1.29 is 0 Å². The first-order valence-electron chi connectivity index (χ1n) is 10.7. The van der Waals surface area contributed by atoms with Crippen molar-refractivity contribution >= 4 is 54.4 Å². The van der Waals surface area contributed by atoms with E-state index in [9.17, 15) is 0 Å². The smallest absolute Gasteiger partial charge is 0.0757 e. The van der Waals surface area contributed by atoms with Crippen LogP contribution in [-0.4, -0.2) is 10.7 Å². The summed E-state index contributed by atoms with van der Waals surface area (Å²) in [5.74, 6) is 0. The number of pyridine rings is 1. The van der Waals surface area contributed by atoms with Crippen molar-refractivity contribution in [3.05, 3.63) is 125 Å². The van der Waals surface area contributed by atoms with Crippen molar-refractivity contribution in [3.8, 4) is 0 Å². The minimum absolute atomic E-state index is 0.801. The monoisotopic (exact) mass is 474 g/mol. The fourth-order valence-corrected chi connectivity index (χ4v) is 4.82. The van der Waals surface area contributed by atoms with E-state index >= 15 is 0 Å². The maximum Gasteiger partial charge on any atom is 0.0757 e. The first-order valence-corrected chi connectivity index (χ1v) is 11.5. The van der Waals surface area contributed by atoms with Gasteiger partial charge in [0.2, 0.25) is 0 Å². The van der Waals surface area contributed by atoms with Gasteiger partial charge < -0.3 is 0 Å². The SMILES string of the molecule is Brc1ccc(C2=Nc3c(c4cnccc4c4ccccc34)CC(c3ccccc3)=C2)cc1. The number of fused-ring (bicyclic) bond motifs is 6. The van der Waals surface area contributed by atoms with Crippen LogP contribution in [0.25, 0.3) is 27.1 Å². The predicted octanol–water partition coefficient (Wildman–Crippen LogP) is 7.91. The summed E-state index contributed by atoms with van der Waals surface area (Å²) in [6.45, 7) is 0. The molecule has 0 unspecified atom stereocenters. The summed E-state index contributed by atoms with van der Waals surface area (Å²) in [5.41, 5.74) is 6.82. The van der Waals surface area contributed by atoms with Gasteiger partial charge in [-0.25, -0.2) is 4.99 Å². The van der Waals surface area contributed by atoms with Crippen LogP contribution in [0, 0.1) is 0 Å². The Morgan fingerprint density at radius 3 is 2.19 bits per heavy atom. The average molecular weight is 475 g/mol. The molecule has 0 atom stereocenters. The lowest BCUT2D eigenvalue weighted by Gasteiger charge is -2.14. The zero-order chi connectivity index (χ0) is 21.5. The van der Waals surface area contributed by atoms with Crippen LogP contribution in [0.3, 0.4) is 0 Å². The van der Waals surface area contributed by atoms with Gasteiger partial charge >= 0.3 is 0 Å². The van der Waals surface area contributed by atoms with E-state index in [0.29, 0.717) is 0 Å². The second-order valence-electron chi connectivity index (χ2n) is 8.01. The average Bonchev–Trinajstić information content (AvgIpc) is 3.06. The van der Waals surface area contributed by atoms with Gasteiger partial charge in [0.25, 0.3) is 0 Å². The molecule has 1 aliphatic heterocycles. The summed E-state index contributed by atoms with van der Waals surface area (Å²) < 4.78 is 1.06. The predicted molar refractivity (Wildman–Crippen MR) is 138 cm³/mol. The summed E-state index contributed by atoms with van der Waals surface area (Å²) in [6, 6.07) is 29.7. The third-order valence-electron chi connectivity index (χ3n) is 6.10. The van der Waals surface area contributed by atoms with Crippen molar-refractivity contribution in [1.29, 1.82) is 0 Å². The Hall–Kier alpha value is -3.56. The molecular weight excluding hydrogens is 456 g/mol. The molecule has 5 aromatic rings.